The molecule has 0 spiro atoms. The minimum Gasteiger partial charge on any atom is -0.497 e. The van der Waals surface area contributed by atoms with Crippen molar-refractivity contribution in [1.29, 1.82) is 0 Å². The number of nitro groups is 3. The van der Waals surface area contributed by atoms with Crippen LogP contribution in [0.1, 0.15) is 0 Å². The second-order valence-corrected chi connectivity index (χ2v) is 2.83. The third kappa shape index (κ3) is 4.12. The first kappa shape index (κ1) is 22.5. The van der Waals surface area contributed by atoms with Crippen molar-refractivity contribution < 1.29 is 29.4 Å². The van der Waals surface area contributed by atoms with E-state index in [0.717, 1.165) is 0 Å². The first-order chi connectivity index (χ1) is 8.20. The van der Waals surface area contributed by atoms with E-state index in [-0.39, 0.29) is 103 Å². The van der Waals surface area contributed by atoms with Gasteiger partial charge in [0.25, 0.3) is 17.3 Å². The summed E-state index contributed by atoms with van der Waals surface area (Å²) >= 11 is 0. The molecule has 98 valence electrons. The molecule has 2 radical (unpaired) electrons. The van der Waals surface area contributed by atoms with Crippen LogP contribution >= 0.6 is 0 Å². The Morgan fingerprint density at radius 2 is 1.00 bits per heavy atom. The van der Waals surface area contributed by atoms with Crippen LogP contribution in [0, 0.1) is 36.2 Å². The zero-order valence-corrected chi connectivity index (χ0v) is 16.3. The van der Waals surface area contributed by atoms with E-state index in [1.54, 1.807) is 0 Å². The van der Waals surface area contributed by atoms with Gasteiger partial charge < -0.3 is 10.2 Å². The van der Waals surface area contributed by atoms with E-state index in [4.69, 9.17) is 10.2 Å². The number of hydrogen-bond acceptors (Lipinski definition) is 8. The monoisotopic (exact) mass is 341 g/mol. The summed E-state index contributed by atoms with van der Waals surface area (Å²) in [5.74, 6) is -5.78. The van der Waals surface area contributed by atoms with Gasteiger partial charge in [-0.2, -0.15) is 4.39 Å². The van der Waals surface area contributed by atoms with Gasteiger partial charge in [-0.3, -0.25) is 30.3 Å². The van der Waals surface area contributed by atoms with Crippen LogP contribution in [-0.4, -0.2) is 128 Å². The molecule has 1 rings (SSSR count). The molecule has 0 aliphatic heterocycles. The molecule has 0 saturated heterocycles. The van der Waals surface area contributed by atoms with Crippen molar-refractivity contribution in [2.24, 2.45) is 0 Å². The molecule has 1 aromatic rings. The van der Waals surface area contributed by atoms with Crippen LogP contribution in [0.3, 0.4) is 0 Å². The van der Waals surface area contributed by atoms with Crippen molar-refractivity contribution in [3.63, 3.8) is 0 Å². The number of rotatable bonds is 3. The van der Waals surface area contributed by atoms with Crippen LogP contribution in [-0.2, 0) is 0 Å². The largest absolute Gasteiger partial charge is 0.497 e. The molecule has 0 aromatic heterocycles. The number of nitro benzene ring substituents is 3. The molecule has 20 heavy (non-hydrogen) atoms. The number of aromatic hydroxyl groups is 2. The zero-order chi connectivity index (χ0) is 14.2. The summed E-state index contributed by atoms with van der Waals surface area (Å²) in [6.07, 6.45) is 0. The van der Waals surface area contributed by atoms with Crippen molar-refractivity contribution in [2.75, 3.05) is 0 Å². The summed E-state index contributed by atoms with van der Waals surface area (Å²) in [5, 5.41) is 49.4. The molecular weight excluding hydrogens is 339 g/mol. The topological polar surface area (TPSA) is 170 Å². The molecule has 0 aliphatic carbocycles. The van der Waals surface area contributed by atoms with Crippen molar-refractivity contribution in [3.05, 3.63) is 36.2 Å². The smallest absolute Gasteiger partial charge is 0.366 e. The second-order valence-electron chi connectivity index (χ2n) is 2.83. The van der Waals surface area contributed by atoms with E-state index in [1.165, 1.54) is 0 Å². The number of halogens is 1. The maximum Gasteiger partial charge on any atom is 0.366 e. The van der Waals surface area contributed by atoms with Crippen molar-refractivity contribution in [3.8, 4) is 11.5 Å². The van der Waals surface area contributed by atoms with Crippen LogP contribution in [0.2, 0.25) is 0 Å². The van der Waals surface area contributed by atoms with E-state index in [0.29, 0.717) is 0 Å². The van der Waals surface area contributed by atoms with E-state index in [2.05, 4.69) is 0 Å². The minimum absolute atomic E-state index is 0. The Kier molecular flexibility index (Phi) is 9.69. The molecule has 14 heteroatoms. The average Bonchev–Trinajstić information content (AvgIpc) is 2.14. The van der Waals surface area contributed by atoms with Crippen LogP contribution in [0.25, 0.3) is 0 Å². The second kappa shape index (κ2) is 8.61. The van der Waals surface area contributed by atoms with Crippen LogP contribution < -0.4 is 0 Å². The summed E-state index contributed by atoms with van der Waals surface area (Å²) < 4.78 is 13.3. The molecule has 11 nitrogen and oxygen atoms in total. The summed E-state index contributed by atoms with van der Waals surface area (Å²) in [6, 6.07) is 0. The third-order valence-corrected chi connectivity index (χ3v) is 1.86. The SMILES string of the molecule is O=[N+]([O-])c1c(O)c([N+](=O)[O-])c(F)c([N+](=O)[O-])c1O.[K].[K]. The Balaban J connectivity index is 0. The van der Waals surface area contributed by atoms with Gasteiger partial charge >= 0.3 is 17.1 Å². The Morgan fingerprint density at radius 1 is 0.750 bits per heavy atom. The Morgan fingerprint density at radius 3 is 1.20 bits per heavy atom. The van der Waals surface area contributed by atoms with Crippen molar-refractivity contribution in [1.82, 2.24) is 0 Å². The fourth-order valence-corrected chi connectivity index (χ4v) is 1.16. The van der Waals surface area contributed by atoms with E-state index in [1.807, 2.05) is 0 Å². The van der Waals surface area contributed by atoms with E-state index in [9.17, 15) is 34.7 Å². The molecule has 0 unspecified atom stereocenters. The molecule has 0 bridgehead atoms. The van der Waals surface area contributed by atoms with E-state index >= 15 is 0 Å². The van der Waals surface area contributed by atoms with Crippen LogP contribution in [0.4, 0.5) is 21.5 Å². The molecule has 0 fully saturated rings. The molecule has 2 N–H and O–H groups in total. The molecule has 1 aromatic carbocycles. The third-order valence-electron chi connectivity index (χ3n) is 1.86. The zero-order valence-electron chi connectivity index (χ0n) is 10.1. The number of nitrogens with zero attached hydrogens (tertiary/aromatic N) is 3. The van der Waals surface area contributed by atoms with Gasteiger partial charge in [0.15, 0.2) is 0 Å². The van der Waals surface area contributed by atoms with Gasteiger partial charge in [0.2, 0.25) is 0 Å². The molecule has 0 saturated carbocycles. The molecule has 0 amide bonds. The van der Waals surface area contributed by atoms with Gasteiger partial charge in [-0.15, -0.1) is 0 Å². The normalized spacial score (nSPS) is 9.05. The average molecular weight is 341 g/mol. The first-order valence-electron chi connectivity index (χ1n) is 3.90. The van der Waals surface area contributed by atoms with Gasteiger partial charge in [-0.05, 0) is 0 Å². The summed E-state index contributed by atoms with van der Waals surface area (Å²) in [6.45, 7) is 0. The Hall–Kier alpha value is 0.223. The minimum atomic E-state index is -2.18. The fourth-order valence-electron chi connectivity index (χ4n) is 1.16. The number of phenolic OH excluding ortho intramolecular Hbond substituents is 2. The maximum absolute atomic E-state index is 13.3. The van der Waals surface area contributed by atoms with Gasteiger partial charge in [0.05, 0.1) is 14.8 Å². The number of hydrogen-bond donors (Lipinski definition) is 2. The Labute approximate surface area is 193 Å². The predicted octanol–water partition coefficient (Wildman–Crippen LogP) is 0.200. The first-order valence-corrected chi connectivity index (χ1v) is 3.90. The fraction of sp³-hybridized carbons (Fsp3) is 0. The standard InChI is InChI=1S/C6H2FN3O8.2K/c7-1-2(8(13)14)5(11)4(10(17)18)6(12)3(1)9(15)16;;/h11-12H;;. The summed E-state index contributed by atoms with van der Waals surface area (Å²) in [7, 11) is 0. The molecule has 0 atom stereocenters. The van der Waals surface area contributed by atoms with Crippen molar-refractivity contribution >= 4 is 120 Å². The molecule has 0 heterocycles. The van der Waals surface area contributed by atoms with E-state index < -0.39 is 49.1 Å². The summed E-state index contributed by atoms with van der Waals surface area (Å²) in [5.41, 5.74) is -5.42. The summed E-state index contributed by atoms with van der Waals surface area (Å²) in [4.78, 5) is 26.5. The van der Waals surface area contributed by atoms with Crippen LogP contribution in [0.5, 0.6) is 11.5 Å². The van der Waals surface area contributed by atoms with Gasteiger partial charge in [0, 0.05) is 103 Å². The molecule has 0 aliphatic rings. The predicted molar refractivity (Wildman–Crippen MR) is 61.2 cm³/mol. The number of benzene rings is 1. The molecular formula is C6H2FK2N3O8. The maximum atomic E-state index is 13.3. The Bertz CT molecular complexity index is 492. The van der Waals surface area contributed by atoms with Crippen molar-refractivity contribution in [2.45, 2.75) is 0 Å². The van der Waals surface area contributed by atoms with Gasteiger partial charge in [-0.1, -0.05) is 0 Å². The van der Waals surface area contributed by atoms with Gasteiger partial charge in [0.1, 0.15) is 0 Å². The number of phenols is 2. The quantitative estimate of drug-likeness (QED) is 0.446. The van der Waals surface area contributed by atoms with Crippen LogP contribution in [0.15, 0.2) is 0 Å². The van der Waals surface area contributed by atoms with Gasteiger partial charge in [-0.25, -0.2) is 0 Å².